The molecule has 25 heavy (non-hydrogen) atoms. The zero-order valence-electron chi connectivity index (χ0n) is 14.2. The predicted octanol–water partition coefficient (Wildman–Crippen LogP) is 1.62. The van der Waals surface area contributed by atoms with Gasteiger partial charge in [0.15, 0.2) is 11.5 Å². The lowest BCUT2D eigenvalue weighted by Gasteiger charge is -2.06. The second kappa shape index (κ2) is 8.60. The highest BCUT2D eigenvalue weighted by atomic mass is 16.5. The van der Waals surface area contributed by atoms with Crippen LogP contribution in [0, 0.1) is 18.3 Å². The second-order valence-corrected chi connectivity index (χ2v) is 5.60. The van der Waals surface area contributed by atoms with E-state index < -0.39 is 11.8 Å². The van der Waals surface area contributed by atoms with Crippen LogP contribution in [0.2, 0.25) is 0 Å². The van der Waals surface area contributed by atoms with Crippen molar-refractivity contribution in [2.75, 3.05) is 0 Å². The number of ether oxygens (including phenoxy) is 1. The number of ketones is 1. The number of carbonyl (C=O) groups excluding carboxylic acids is 2. The van der Waals surface area contributed by atoms with Gasteiger partial charge < -0.3 is 9.64 Å². The predicted molar refractivity (Wildman–Crippen MR) is 97.0 cm³/mol. The smallest absolute Gasteiger partial charge is 0.359 e. The molecule has 0 N–H and O–H groups in total. The Labute approximate surface area is 147 Å². The molecule has 0 unspecified atom stereocenters. The lowest BCUT2D eigenvalue weighted by atomic mass is 9.81. The number of Topliss-reactive ketones (excluding diaryl/α,β-unsaturated/α-hetero) is 1. The highest BCUT2D eigenvalue weighted by Gasteiger charge is 2.18. The van der Waals surface area contributed by atoms with Crippen molar-refractivity contribution in [1.82, 2.24) is 0 Å². The van der Waals surface area contributed by atoms with Gasteiger partial charge in [0.25, 0.3) is 7.41 Å². The van der Waals surface area contributed by atoms with E-state index >= 15 is 0 Å². The molecule has 0 spiro atoms. The zero-order valence-corrected chi connectivity index (χ0v) is 14.2. The molecule has 0 saturated carbocycles. The van der Waals surface area contributed by atoms with Crippen LogP contribution in [0.15, 0.2) is 53.4 Å². The summed E-state index contributed by atoms with van der Waals surface area (Å²) in [5, 5.41) is 9.00. The van der Waals surface area contributed by atoms with Crippen molar-refractivity contribution >= 4 is 30.3 Å². The molecule has 0 aliphatic heterocycles. The van der Waals surface area contributed by atoms with E-state index in [0.717, 1.165) is 16.6 Å². The monoisotopic (exact) mass is 332 g/mol. The summed E-state index contributed by atoms with van der Waals surface area (Å²) < 4.78 is 5.17. The Morgan fingerprint density at radius 3 is 2.56 bits per heavy atom. The van der Waals surface area contributed by atoms with Gasteiger partial charge >= 0.3 is 5.97 Å². The molecular formula is C19H17BN2O3. The number of carbonyl (C=O) groups is 2. The van der Waals surface area contributed by atoms with E-state index in [4.69, 9.17) is 10.00 Å². The summed E-state index contributed by atoms with van der Waals surface area (Å²) in [6.07, 6.45) is 0. The largest absolute Gasteiger partial charge is 0.456 e. The highest BCUT2D eigenvalue weighted by molar-refractivity contribution is 6.69. The van der Waals surface area contributed by atoms with Crippen molar-refractivity contribution in [3.8, 4) is 6.07 Å². The van der Waals surface area contributed by atoms with E-state index in [1.54, 1.807) is 12.1 Å². The number of hydrogen-bond acceptors (Lipinski definition) is 5. The fraction of sp³-hybridized carbons (Fsp3) is 0.158. The lowest BCUT2D eigenvalue weighted by molar-refractivity contribution is -0.137. The first kappa shape index (κ1) is 18.1. The van der Waals surface area contributed by atoms with Gasteiger partial charge in [-0.3, -0.25) is 4.79 Å². The maximum Gasteiger partial charge on any atom is 0.359 e. The zero-order chi connectivity index (χ0) is 18.2. The van der Waals surface area contributed by atoms with E-state index in [-0.39, 0.29) is 19.7 Å². The van der Waals surface area contributed by atoms with E-state index in [1.165, 1.54) is 6.92 Å². The van der Waals surface area contributed by atoms with E-state index in [0.29, 0.717) is 5.56 Å². The van der Waals surface area contributed by atoms with Gasteiger partial charge in [-0.2, -0.15) is 5.26 Å². The van der Waals surface area contributed by atoms with Crippen molar-refractivity contribution in [1.29, 1.82) is 5.26 Å². The van der Waals surface area contributed by atoms with Gasteiger partial charge in [-0.05, 0) is 24.6 Å². The third-order valence-corrected chi connectivity index (χ3v) is 3.43. The third kappa shape index (κ3) is 5.43. The van der Waals surface area contributed by atoms with Gasteiger partial charge in [0.05, 0.1) is 11.6 Å². The maximum absolute atomic E-state index is 12.1. The molecule has 0 aliphatic rings. The van der Waals surface area contributed by atoms with Gasteiger partial charge in [-0.15, -0.1) is 0 Å². The summed E-state index contributed by atoms with van der Waals surface area (Å²) >= 11 is 0. The van der Waals surface area contributed by atoms with Crippen LogP contribution in [0.4, 0.5) is 0 Å². The minimum absolute atomic E-state index is 0.0784. The molecule has 0 heterocycles. The van der Waals surface area contributed by atoms with Gasteiger partial charge in [-0.25, -0.2) is 4.79 Å². The van der Waals surface area contributed by atoms with Crippen molar-refractivity contribution in [2.45, 2.75) is 20.5 Å². The van der Waals surface area contributed by atoms with Crippen LogP contribution >= 0.6 is 0 Å². The van der Waals surface area contributed by atoms with E-state index in [2.05, 4.69) is 11.0 Å². The average molecular weight is 332 g/mol. The minimum Gasteiger partial charge on any atom is -0.456 e. The lowest BCUT2D eigenvalue weighted by Crippen LogP contribution is -2.27. The van der Waals surface area contributed by atoms with Crippen LogP contribution in [-0.4, -0.2) is 24.9 Å². The Bertz CT molecular complexity index is 855. The van der Waals surface area contributed by atoms with Crippen molar-refractivity contribution in [3.05, 3.63) is 65.2 Å². The summed E-state index contributed by atoms with van der Waals surface area (Å²) in [5.74, 6) is -1.20. The minimum atomic E-state index is -0.746. The standard InChI is InChI=1S/C19H17BN2O3/c1-13-8-16(11-21)10-17(9-13)20-22-18(14(2)23)19(24)25-12-15-6-4-3-5-7-15/h3-10,20H,12H2,1-2H3/b22-18+. The van der Waals surface area contributed by atoms with Crippen LogP contribution in [-0.2, 0) is 20.9 Å². The maximum atomic E-state index is 12.1. The molecule has 124 valence electrons. The number of aryl methyl sites for hydroxylation is 1. The van der Waals surface area contributed by atoms with Crippen LogP contribution < -0.4 is 5.46 Å². The van der Waals surface area contributed by atoms with Gasteiger partial charge in [0, 0.05) is 6.92 Å². The molecule has 2 aromatic rings. The molecule has 6 heteroatoms. The first-order chi connectivity index (χ1) is 12.0. The summed E-state index contributed by atoms with van der Waals surface area (Å²) in [7, 11) is 0.131. The topological polar surface area (TPSA) is 79.5 Å². The van der Waals surface area contributed by atoms with Gasteiger partial charge in [0.1, 0.15) is 6.61 Å². The number of rotatable bonds is 6. The van der Waals surface area contributed by atoms with Crippen LogP contribution in [0.25, 0.3) is 0 Å². The van der Waals surface area contributed by atoms with Crippen molar-refractivity contribution in [2.24, 2.45) is 4.90 Å². The average Bonchev–Trinajstić information content (AvgIpc) is 2.60. The number of nitriles is 1. The molecule has 0 bridgehead atoms. The highest BCUT2D eigenvalue weighted by Crippen LogP contribution is 2.03. The summed E-state index contributed by atoms with van der Waals surface area (Å²) in [6, 6.07) is 16.6. The number of nitrogens with zero attached hydrogens (tertiary/aromatic N) is 2. The molecule has 0 fully saturated rings. The summed E-state index contributed by atoms with van der Waals surface area (Å²) in [5.41, 5.74) is 2.79. The third-order valence-electron chi connectivity index (χ3n) is 3.43. The first-order valence-electron chi connectivity index (χ1n) is 7.76. The van der Waals surface area contributed by atoms with Crippen LogP contribution in [0.3, 0.4) is 0 Å². The molecular weight excluding hydrogens is 315 g/mol. The first-order valence-corrected chi connectivity index (χ1v) is 7.76. The van der Waals surface area contributed by atoms with Crippen LogP contribution in [0.5, 0.6) is 0 Å². The number of hydrogen-bond donors (Lipinski definition) is 0. The fourth-order valence-electron chi connectivity index (χ4n) is 2.30. The quantitative estimate of drug-likeness (QED) is 0.348. The SMILES string of the molecule is CC(=O)/C(=N\Bc1cc(C)cc(C#N)c1)C(=O)OCc1ccccc1. The molecule has 5 nitrogen and oxygen atoms in total. The Balaban J connectivity index is 2.10. The Kier molecular flexibility index (Phi) is 6.24. The molecule has 2 rings (SSSR count). The molecule has 0 atom stereocenters. The van der Waals surface area contributed by atoms with Gasteiger partial charge in [-0.1, -0.05) is 47.4 Å². The number of benzene rings is 2. The van der Waals surface area contributed by atoms with Crippen molar-refractivity contribution in [3.63, 3.8) is 0 Å². The molecule has 0 aromatic heterocycles. The van der Waals surface area contributed by atoms with Crippen LogP contribution in [0.1, 0.15) is 23.6 Å². The fourth-order valence-corrected chi connectivity index (χ4v) is 2.30. The van der Waals surface area contributed by atoms with Gasteiger partial charge in [0.2, 0.25) is 0 Å². The van der Waals surface area contributed by atoms with E-state index in [9.17, 15) is 9.59 Å². The van der Waals surface area contributed by atoms with Crippen molar-refractivity contribution < 1.29 is 14.3 Å². The summed E-state index contributed by atoms with van der Waals surface area (Å²) in [6.45, 7) is 3.22. The molecule has 0 saturated heterocycles. The number of esters is 1. The van der Waals surface area contributed by atoms with E-state index in [1.807, 2.05) is 43.3 Å². The Morgan fingerprint density at radius 2 is 1.92 bits per heavy atom. The molecule has 0 aliphatic carbocycles. The Hall–Kier alpha value is -3.20. The molecule has 2 aromatic carbocycles. The molecule has 0 amide bonds. The normalized spacial score (nSPS) is 10.7. The molecule has 0 radical (unpaired) electrons. The second-order valence-electron chi connectivity index (χ2n) is 5.60. The Morgan fingerprint density at radius 1 is 1.20 bits per heavy atom. The summed E-state index contributed by atoms with van der Waals surface area (Å²) in [4.78, 5) is 28.0.